The molecule has 0 bridgehead atoms. The van der Waals surface area contributed by atoms with Crippen molar-refractivity contribution in [1.29, 1.82) is 0 Å². The Labute approximate surface area is 143 Å². The van der Waals surface area contributed by atoms with Crippen molar-refractivity contribution in [2.45, 2.75) is 38.3 Å². The number of rotatable bonds is 7. The largest absolute Gasteiger partial charge is 0.347 e. The van der Waals surface area contributed by atoms with Crippen LogP contribution in [0.4, 0.5) is 0 Å². The maximum atomic E-state index is 12.9. The lowest BCUT2D eigenvalue weighted by Crippen LogP contribution is -2.42. The van der Waals surface area contributed by atoms with Crippen LogP contribution in [0.3, 0.4) is 0 Å². The van der Waals surface area contributed by atoms with Crippen LogP contribution < -0.4 is 0 Å². The fourth-order valence-corrected chi connectivity index (χ4v) is 2.87. The monoisotopic (exact) mass is 336 g/mol. The van der Waals surface area contributed by atoms with Crippen molar-refractivity contribution < 1.29 is 9.59 Å². The summed E-state index contributed by atoms with van der Waals surface area (Å²) in [4.78, 5) is 30.1. The zero-order valence-corrected chi connectivity index (χ0v) is 15.1. The first-order chi connectivity index (χ1) is 11.4. The van der Waals surface area contributed by atoms with Crippen LogP contribution in [0.1, 0.15) is 36.2 Å². The van der Waals surface area contributed by atoms with Crippen LogP contribution in [0.15, 0.2) is 6.20 Å². The van der Waals surface area contributed by atoms with Crippen LogP contribution in [0.25, 0.3) is 0 Å². The van der Waals surface area contributed by atoms with E-state index in [4.69, 9.17) is 0 Å². The van der Waals surface area contributed by atoms with Gasteiger partial charge in [-0.25, -0.2) is 4.68 Å². The normalized spacial score (nSPS) is 15.0. The fourth-order valence-electron chi connectivity index (χ4n) is 2.87. The third-order valence-corrected chi connectivity index (χ3v) is 4.37. The van der Waals surface area contributed by atoms with Crippen LogP contribution >= 0.6 is 0 Å². The minimum atomic E-state index is -0.0905. The quantitative estimate of drug-likeness (QED) is 0.716. The Hall–Kier alpha value is -1.96. The van der Waals surface area contributed by atoms with Gasteiger partial charge in [-0.05, 0) is 26.9 Å². The summed E-state index contributed by atoms with van der Waals surface area (Å²) in [5.41, 5.74) is 0.312. The molecule has 134 valence electrons. The molecule has 0 saturated heterocycles. The molecule has 0 atom stereocenters. The number of hydrogen-bond acceptors (Lipinski definition) is 5. The Morgan fingerprint density at radius 3 is 2.42 bits per heavy atom. The van der Waals surface area contributed by atoms with Crippen molar-refractivity contribution in [2.75, 3.05) is 41.3 Å². The molecule has 8 heteroatoms. The maximum absolute atomic E-state index is 12.9. The van der Waals surface area contributed by atoms with Gasteiger partial charge in [-0.15, -0.1) is 5.10 Å². The highest BCUT2D eigenvalue weighted by Gasteiger charge is 2.29. The molecule has 1 aliphatic rings. The van der Waals surface area contributed by atoms with E-state index in [-0.39, 0.29) is 24.4 Å². The summed E-state index contributed by atoms with van der Waals surface area (Å²) >= 11 is 0. The van der Waals surface area contributed by atoms with Gasteiger partial charge >= 0.3 is 0 Å². The molecule has 0 aliphatic heterocycles. The average molecular weight is 336 g/mol. The molecule has 0 spiro atoms. The molecular formula is C16H28N6O2. The van der Waals surface area contributed by atoms with Crippen LogP contribution in [-0.2, 0) is 11.3 Å². The Balaban J connectivity index is 2.07. The van der Waals surface area contributed by atoms with E-state index in [0.717, 1.165) is 19.4 Å². The maximum Gasteiger partial charge on any atom is 0.276 e. The van der Waals surface area contributed by atoms with Crippen LogP contribution in [0.2, 0.25) is 0 Å². The van der Waals surface area contributed by atoms with E-state index in [1.54, 1.807) is 20.3 Å². The zero-order chi connectivity index (χ0) is 17.7. The van der Waals surface area contributed by atoms with Gasteiger partial charge in [0.25, 0.3) is 5.91 Å². The van der Waals surface area contributed by atoms with E-state index >= 15 is 0 Å². The van der Waals surface area contributed by atoms with Crippen molar-refractivity contribution >= 4 is 11.8 Å². The third-order valence-electron chi connectivity index (χ3n) is 4.37. The summed E-state index contributed by atoms with van der Waals surface area (Å²) in [6.07, 6.45) is 6.00. The molecule has 1 aromatic heterocycles. The van der Waals surface area contributed by atoms with Crippen molar-refractivity contribution in [2.24, 2.45) is 0 Å². The second-order valence-corrected chi connectivity index (χ2v) is 6.83. The second-order valence-electron chi connectivity index (χ2n) is 6.83. The van der Waals surface area contributed by atoms with E-state index in [0.29, 0.717) is 12.2 Å². The van der Waals surface area contributed by atoms with E-state index in [1.807, 2.05) is 19.0 Å². The van der Waals surface area contributed by atoms with Crippen molar-refractivity contribution in [3.8, 4) is 0 Å². The topological polar surface area (TPSA) is 74.6 Å². The molecule has 24 heavy (non-hydrogen) atoms. The first kappa shape index (κ1) is 18.4. The van der Waals surface area contributed by atoms with Gasteiger partial charge in [0.1, 0.15) is 6.54 Å². The number of carbonyl (C=O) groups excluding carboxylic acids is 2. The molecule has 1 fully saturated rings. The molecule has 1 aliphatic carbocycles. The lowest BCUT2D eigenvalue weighted by molar-refractivity contribution is -0.129. The highest BCUT2D eigenvalue weighted by atomic mass is 16.2. The fraction of sp³-hybridized carbons (Fsp3) is 0.750. The zero-order valence-electron chi connectivity index (χ0n) is 15.1. The minimum Gasteiger partial charge on any atom is -0.347 e. The highest BCUT2D eigenvalue weighted by Crippen LogP contribution is 2.24. The summed E-state index contributed by atoms with van der Waals surface area (Å²) < 4.78 is 1.42. The molecule has 1 aromatic rings. The second kappa shape index (κ2) is 8.23. The summed E-state index contributed by atoms with van der Waals surface area (Å²) in [6, 6.07) is 0.283. The molecule has 0 unspecified atom stereocenters. The minimum absolute atomic E-state index is 0.0841. The van der Waals surface area contributed by atoms with Gasteiger partial charge in [0.2, 0.25) is 5.91 Å². The van der Waals surface area contributed by atoms with E-state index < -0.39 is 0 Å². The number of likely N-dealkylation sites (N-methyl/N-ethyl adjacent to an activating group) is 2. The SMILES string of the molecule is CN(C)CCN(C(=O)c1cn(CC(=O)N(C)C)nn1)C1CCCC1. The lowest BCUT2D eigenvalue weighted by atomic mass is 10.2. The number of amides is 2. The molecule has 8 nitrogen and oxygen atoms in total. The Morgan fingerprint density at radius 1 is 1.17 bits per heavy atom. The van der Waals surface area contributed by atoms with Gasteiger partial charge in [-0.2, -0.15) is 0 Å². The molecule has 0 aromatic carbocycles. The number of nitrogens with zero attached hydrogens (tertiary/aromatic N) is 6. The van der Waals surface area contributed by atoms with E-state index in [1.165, 1.54) is 22.4 Å². The predicted octanol–water partition coefficient (Wildman–Crippen LogP) is 0.313. The standard InChI is InChI=1S/C16H28N6O2/c1-19(2)9-10-22(13-7-5-6-8-13)16(24)14-11-21(18-17-14)12-15(23)20(3)4/h11,13H,5-10,12H2,1-4H3. The Morgan fingerprint density at radius 2 is 1.83 bits per heavy atom. The molecule has 2 amide bonds. The summed E-state index contributed by atoms with van der Waals surface area (Å²) in [5.74, 6) is -0.175. The molecule has 0 N–H and O–H groups in total. The summed E-state index contributed by atoms with van der Waals surface area (Å²) in [5, 5.41) is 7.91. The Bertz CT molecular complexity index is 563. The summed E-state index contributed by atoms with van der Waals surface area (Å²) in [7, 11) is 7.38. The van der Waals surface area contributed by atoms with Gasteiger partial charge in [0.15, 0.2) is 5.69 Å². The number of carbonyl (C=O) groups is 2. The van der Waals surface area contributed by atoms with Gasteiger partial charge in [0.05, 0.1) is 6.20 Å². The third kappa shape index (κ3) is 4.77. The number of aromatic nitrogens is 3. The van der Waals surface area contributed by atoms with Gasteiger partial charge in [-0.3, -0.25) is 9.59 Å². The number of hydrogen-bond donors (Lipinski definition) is 0. The van der Waals surface area contributed by atoms with Crippen molar-refractivity contribution in [1.82, 2.24) is 29.7 Å². The molecule has 1 heterocycles. The van der Waals surface area contributed by atoms with Crippen LogP contribution in [0.5, 0.6) is 0 Å². The molecule has 1 saturated carbocycles. The van der Waals surface area contributed by atoms with Crippen LogP contribution in [0, 0.1) is 0 Å². The van der Waals surface area contributed by atoms with Crippen LogP contribution in [-0.4, -0.2) is 88.8 Å². The highest BCUT2D eigenvalue weighted by molar-refractivity contribution is 5.92. The first-order valence-corrected chi connectivity index (χ1v) is 8.44. The Kier molecular flexibility index (Phi) is 6.30. The van der Waals surface area contributed by atoms with Crippen molar-refractivity contribution in [3.05, 3.63) is 11.9 Å². The average Bonchev–Trinajstić information content (AvgIpc) is 3.18. The van der Waals surface area contributed by atoms with E-state index in [2.05, 4.69) is 15.2 Å². The van der Waals surface area contributed by atoms with E-state index in [9.17, 15) is 9.59 Å². The molecule has 0 radical (unpaired) electrons. The molecular weight excluding hydrogens is 308 g/mol. The van der Waals surface area contributed by atoms with Gasteiger partial charge in [-0.1, -0.05) is 18.1 Å². The van der Waals surface area contributed by atoms with Gasteiger partial charge in [0, 0.05) is 33.2 Å². The van der Waals surface area contributed by atoms with Crippen molar-refractivity contribution in [3.63, 3.8) is 0 Å². The van der Waals surface area contributed by atoms with Gasteiger partial charge < -0.3 is 14.7 Å². The molecule has 2 rings (SSSR count). The smallest absolute Gasteiger partial charge is 0.276 e. The first-order valence-electron chi connectivity index (χ1n) is 8.44. The lowest BCUT2D eigenvalue weighted by Gasteiger charge is -2.29. The summed E-state index contributed by atoms with van der Waals surface area (Å²) in [6.45, 7) is 1.59. The predicted molar refractivity (Wildman–Crippen MR) is 90.6 cm³/mol.